The second kappa shape index (κ2) is 4.91. The summed E-state index contributed by atoms with van der Waals surface area (Å²) >= 11 is 7.74. The number of alkyl halides is 2. The summed E-state index contributed by atoms with van der Waals surface area (Å²) in [6.45, 7) is 0. The summed E-state index contributed by atoms with van der Waals surface area (Å²) < 4.78 is 11.8. The van der Waals surface area contributed by atoms with E-state index in [1.54, 1.807) is 14.2 Å². The molecule has 2 aliphatic carbocycles. The van der Waals surface area contributed by atoms with E-state index in [2.05, 4.69) is 68.3 Å². The van der Waals surface area contributed by atoms with Gasteiger partial charge in [-0.25, -0.2) is 0 Å². The molecule has 0 spiro atoms. The molecular weight excluding hydrogens is 408 g/mol. The highest BCUT2D eigenvalue weighted by atomic mass is 79.9. The van der Waals surface area contributed by atoms with Crippen LogP contribution in [0.25, 0.3) is 0 Å². The lowest BCUT2D eigenvalue weighted by molar-refractivity contribution is -0.184. The largest absolute Gasteiger partial charge is 0.346 e. The van der Waals surface area contributed by atoms with Gasteiger partial charge in [-0.3, -0.25) is 0 Å². The number of benzene rings is 2. The standard InChI is InChI=1S/C18H16Br2O2/c1-21-18(22-2)13-9-5-3-7-11(13)15-16(17(15,19)20)12-8-4-6-10-14(12)18/h3-10,15-16H,1-2H3/t15-,16+. The van der Waals surface area contributed by atoms with Gasteiger partial charge in [-0.15, -0.1) is 0 Å². The first-order chi connectivity index (χ1) is 10.6. The lowest BCUT2D eigenvalue weighted by atomic mass is 9.91. The molecule has 1 fully saturated rings. The van der Waals surface area contributed by atoms with Gasteiger partial charge < -0.3 is 9.47 Å². The van der Waals surface area contributed by atoms with Gasteiger partial charge in [0.15, 0.2) is 0 Å². The van der Waals surface area contributed by atoms with Gasteiger partial charge in [-0.1, -0.05) is 80.4 Å². The van der Waals surface area contributed by atoms with Crippen molar-refractivity contribution in [3.05, 3.63) is 70.8 Å². The van der Waals surface area contributed by atoms with Gasteiger partial charge in [0, 0.05) is 37.2 Å². The molecule has 4 heteroatoms. The fourth-order valence-electron chi connectivity index (χ4n) is 3.90. The normalized spacial score (nSPS) is 26.4. The molecule has 114 valence electrons. The maximum atomic E-state index is 5.95. The van der Waals surface area contributed by atoms with Crippen LogP contribution in [0.5, 0.6) is 0 Å². The molecule has 0 N–H and O–H groups in total. The number of fused-ring (bicyclic) bond motifs is 5. The molecule has 22 heavy (non-hydrogen) atoms. The van der Waals surface area contributed by atoms with Crippen molar-refractivity contribution in [1.29, 1.82) is 0 Å². The van der Waals surface area contributed by atoms with Crippen LogP contribution >= 0.6 is 31.9 Å². The van der Waals surface area contributed by atoms with Gasteiger partial charge >= 0.3 is 0 Å². The van der Waals surface area contributed by atoms with Gasteiger partial charge in [0.05, 0.1) is 3.23 Å². The highest BCUT2D eigenvalue weighted by Gasteiger charge is 2.67. The first kappa shape index (κ1) is 14.9. The van der Waals surface area contributed by atoms with Crippen molar-refractivity contribution in [3.8, 4) is 0 Å². The van der Waals surface area contributed by atoms with E-state index in [9.17, 15) is 0 Å². The zero-order valence-electron chi connectivity index (χ0n) is 12.3. The van der Waals surface area contributed by atoms with E-state index < -0.39 is 5.79 Å². The predicted octanol–water partition coefficient (Wildman–Crippen LogP) is 4.86. The van der Waals surface area contributed by atoms with Crippen molar-refractivity contribution >= 4 is 31.9 Å². The maximum Gasteiger partial charge on any atom is 0.222 e. The van der Waals surface area contributed by atoms with Gasteiger partial charge in [0.25, 0.3) is 0 Å². The Balaban J connectivity index is 2.09. The first-order valence-electron chi connectivity index (χ1n) is 7.25. The maximum absolute atomic E-state index is 5.95. The minimum Gasteiger partial charge on any atom is -0.346 e. The lowest BCUT2D eigenvalue weighted by Crippen LogP contribution is -2.34. The van der Waals surface area contributed by atoms with Gasteiger partial charge in [-0.2, -0.15) is 0 Å². The van der Waals surface area contributed by atoms with Crippen molar-refractivity contribution in [2.75, 3.05) is 14.2 Å². The molecule has 2 aromatic carbocycles. The van der Waals surface area contributed by atoms with Crippen LogP contribution in [0.3, 0.4) is 0 Å². The number of halogens is 2. The van der Waals surface area contributed by atoms with E-state index in [4.69, 9.17) is 9.47 Å². The van der Waals surface area contributed by atoms with Crippen molar-refractivity contribution in [1.82, 2.24) is 0 Å². The van der Waals surface area contributed by atoms with E-state index in [1.807, 2.05) is 12.1 Å². The average molecular weight is 424 g/mol. The summed E-state index contributed by atoms with van der Waals surface area (Å²) in [5.74, 6) is -0.134. The number of rotatable bonds is 2. The quantitative estimate of drug-likeness (QED) is 0.507. The van der Waals surface area contributed by atoms with E-state index in [0.29, 0.717) is 11.8 Å². The van der Waals surface area contributed by atoms with E-state index in [1.165, 1.54) is 11.1 Å². The van der Waals surface area contributed by atoms with Crippen LogP contribution in [-0.2, 0) is 15.3 Å². The van der Waals surface area contributed by atoms with Crippen LogP contribution in [0.2, 0.25) is 0 Å². The summed E-state index contributed by atoms with van der Waals surface area (Å²) in [6, 6.07) is 16.8. The summed E-state index contributed by atoms with van der Waals surface area (Å²) in [7, 11) is 3.42. The molecule has 0 aliphatic heterocycles. The number of ether oxygens (including phenoxy) is 2. The zero-order chi connectivity index (χ0) is 15.5. The highest BCUT2D eigenvalue weighted by Crippen LogP contribution is 2.75. The third kappa shape index (κ3) is 1.72. The molecule has 0 radical (unpaired) electrons. The van der Waals surface area contributed by atoms with Gasteiger partial charge in [0.2, 0.25) is 5.79 Å². The fraction of sp³-hybridized carbons (Fsp3) is 0.333. The fourth-order valence-corrected chi connectivity index (χ4v) is 5.68. The topological polar surface area (TPSA) is 18.5 Å². The molecule has 0 aromatic heterocycles. The molecule has 2 aromatic rings. The molecule has 1 saturated carbocycles. The molecule has 0 amide bonds. The van der Waals surface area contributed by atoms with Gasteiger partial charge in [-0.05, 0) is 11.1 Å². The third-order valence-electron chi connectivity index (χ3n) is 4.93. The molecule has 2 aliphatic rings. The van der Waals surface area contributed by atoms with Crippen LogP contribution in [0, 0.1) is 0 Å². The first-order valence-corrected chi connectivity index (χ1v) is 8.83. The van der Waals surface area contributed by atoms with Gasteiger partial charge in [0.1, 0.15) is 0 Å². The molecule has 2 atom stereocenters. The smallest absolute Gasteiger partial charge is 0.222 e. The monoisotopic (exact) mass is 422 g/mol. The number of methoxy groups -OCH3 is 2. The predicted molar refractivity (Wildman–Crippen MR) is 93.7 cm³/mol. The number of hydrogen-bond donors (Lipinski definition) is 0. The third-order valence-corrected chi connectivity index (χ3v) is 6.90. The number of hydrogen-bond acceptors (Lipinski definition) is 2. The Morgan fingerprint density at radius 3 is 1.59 bits per heavy atom. The lowest BCUT2D eigenvalue weighted by Gasteiger charge is -2.34. The van der Waals surface area contributed by atoms with Crippen LogP contribution in [0.15, 0.2) is 48.5 Å². The molecular formula is C18H16Br2O2. The average Bonchev–Trinajstić information content (AvgIpc) is 3.15. The Morgan fingerprint density at radius 1 is 0.773 bits per heavy atom. The molecule has 0 saturated heterocycles. The van der Waals surface area contributed by atoms with Crippen LogP contribution in [-0.4, -0.2) is 17.5 Å². The zero-order valence-corrected chi connectivity index (χ0v) is 15.5. The van der Waals surface area contributed by atoms with Crippen LogP contribution < -0.4 is 0 Å². The van der Waals surface area contributed by atoms with Crippen molar-refractivity contribution in [3.63, 3.8) is 0 Å². The van der Waals surface area contributed by atoms with Crippen LogP contribution in [0.4, 0.5) is 0 Å². The van der Waals surface area contributed by atoms with E-state index >= 15 is 0 Å². The summed E-state index contributed by atoms with van der Waals surface area (Å²) in [6.07, 6.45) is 0. The van der Waals surface area contributed by atoms with Crippen molar-refractivity contribution < 1.29 is 9.47 Å². The van der Waals surface area contributed by atoms with Crippen LogP contribution in [0.1, 0.15) is 34.1 Å². The Hall–Kier alpha value is -0.680. The summed E-state index contributed by atoms with van der Waals surface area (Å²) in [5.41, 5.74) is 4.70. The molecule has 2 nitrogen and oxygen atoms in total. The SMILES string of the molecule is COC1(OC)c2ccccc2[C@@H]2[C@H](c3ccccc31)C2(Br)Br. The van der Waals surface area contributed by atoms with E-state index in [-0.39, 0.29) is 3.23 Å². The second-order valence-corrected chi connectivity index (χ2v) is 9.52. The Kier molecular flexibility index (Phi) is 3.32. The minimum absolute atomic E-state index is 0.0974. The Labute approximate surface area is 147 Å². The van der Waals surface area contributed by atoms with E-state index in [0.717, 1.165) is 11.1 Å². The Morgan fingerprint density at radius 2 is 1.18 bits per heavy atom. The van der Waals surface area contributed by atoms with Crippen molar-refractivity contribution in [2.45, 2.75) is 20.9 Å². The molecule has 0 unspecified atom stereocenters. The molecule has 0 bridgehead atoms. The minimum atomic E-state index is -0.851. The van der Waals surface area contributed by atoms with Crippen molar-refractivity contribution in [2.24, 2.45) is 0 Å². The summed E-state index contributed by atoms with van der Waals surface area (Å²) in [5, 5.41) is 0. The second-order valence-electron chi connectivity index (χ2n) is 5.83. The highest BCUT2D eigenvalue weighted by molar-refractivity contribution is 9.25. The Bertz CT molecular complexity index is 680. The summed E-state index contributed by atoms with van der Waals surface area (Å²) in [4.78, 5) is 0. The molecule has 0 heterocycles. The molecule has 4 rings (SSSR count).